The van der Waals surface area contributed by atoms with E-state index in [0.717, 1.165) is 13.0 Å². The normalized spacial score (nSPS) is 10.3. The Bertz CT molecular complexity index is 411. The second kappa shape index (κ2) is 7.57. The minimum Gasteiger partial charge on any atom is -0.489 e. The number of nitrogen functional groups attached to an aromatic ring is 1. The van der Waals surface area contributed by atoms with Crippen molar-refractivity contribution in [1.29, 1.82) is 5.26 Å². The van der Waals surface area contributed by atoms with Gasteiger partial charge in [-0.1, -0.05) is 13.8 Å². The predicted molar refractivity (Wildman–Crippen MR) is 71.3 cm³/mol. The first kappa shape index (κ1) is 14.3. The summed E-state index contributed by atoms with van der Waals surface area (Å²) < 4.78 is 10.9. The summed E-state index contributed by atoms with van der Waals surface area (Å²) in [5.74, 6) is 1.25. The minimum atomic E-state index is 0.466. The molecule has 0 atom stereocenters. The molecule has 0 radical (unpaired) electrons. The lowest BCUT2D eigenvalue weighted by atomic mass is 10.1. The highest BCUT2D eigenvalue weighted by Crippen LogP contribution is 2.21. The maximum absolute atomic E-state index is 8.70. The Labute approximate surface area is 108 Å². The first-order chi connectivity index (χ1) is 8.63. The molecular formula is C14H20N2O2. The molecule has 1 aromatic carbocycles. The summed E-state index contributed by atoms with van der Waals surface area (Å²) in [5.41, 5.74) is 6.78. The standard InChI is InChI=1S/C14H20N2O2/c1-11(2)5-6-17-7-8-18-14-4-3-12(10-15)9-13(14)16/h3-4,9,11H,5-8,16H2,1-2H3. The van der Waals surface area contributed by atoms with E-state index in [1.54, 1.807) is 18.2 Å². The Morgan fingerprint density at radius 1 is 1.28 bits per heavy atom. The van der Waals surface area contributed by atoms with E-state index in [9.17, 15) is 0 Å². The molecule has 0 saturated heterocycles. The highest BCUT2D eigenvalue weighted by Gasteiger charge is 2.01. The van der Waals surface area contributed by atoms with Crippen molar-refractivity contribution in [3.05, 3.63) is 23.8 Å². The predicted octanol–water partition coefficient (Wildman–Crippen LogP) is 2.58. The molecule has 0 spiro atoms. The molecule has 4 nitrogen and oxygen atoms in total. The fraction of sp³-hybridized carbons (Fsp3) is 0.500. The van der Waals surface area contributed by atoms with Gasteiger partial charge in [0.05, 0.1) is 23.9 Å². The summed E-state index contributed by atoms with van der Waals surface area (Å²) in [5, 5.41) is 8.70. The van der Waals surface area contributed by atoms with E-state index in [-0.39, 0.29) is 0 Å². The van der Waals surface area contributed by atoms with Gasteiger partial charge in [0.25, 0.3) is 0 Å². The van der Waals surface area contributed by atoms with Gasteiger partial charge in [0.1, 0.15) is 12.4 Å². The van der Waals surface area contributed by atoms with Crippen LogP contribution in [0.3, 0.4) is 0 Å². The number of nitrogens with zero attached hydrogens (tertiary/aromatic N) is 1. The lowest BCUT2D eigenvalue weighted by Gasteiger charge is -2.10. The number of benzene rings is 1. The zero-order valence-electron chi connectivity index (χ0n) is 11.0. The van der Waals surface area contributed by atoms with Crippen LogP contribution in [0.2, 0.25) is 0 Å². The van der Waals surface area contributed by atoms with Crippen LogP contribution in [0.4, 0.5) is 5.69 Å². The second-order valence-corrected chi connectivity index (χ2v) is 4.51. The molecule has 0 amide bonds. The van der Waals surface area contributed by atoms with Gasteiger partial charge in [-0.15, -0.1) is 0 Å². The Morgan fingerprint density at radius 3 is 2.67 bits per heavy atom. The van der Waals surface area contributed by atoms with Crippen molar-refractivity contribution >= 4 is 5.69 Å². The topological polar surface area (TPSA) is 68.3 Å². The molecule has 0 heterocycles. The maximum atomic E-state index is 8.70. The van der Waals surface area contributed by atoms with Crippen molar-refractivity contribution in [2.75, 3.05) is 25.6 Å². The maximum Gasteiger partial charge on any atom is 0.142 e. The number of nitriles is 1. The van der Waals surface area contributed by atoms with Gasteiger partial charge in [0, 0.05) is 6.61 Å². The van der Waals surface area contributed by atoms with E-state index in [4.69, 9.17) is 20.5 Å². The molecule has 0 fully saturated rings. The average molecular weight is 248 g/mol. The van der Waals surface area contributed by atoms with Gasteiger partial charge in [-0.25, -0.2) is 0 Å². The van der Waals surface area contributed by atoms with Gasteiger partial charge in [0.15, 0.2) is 0 Å². The molecule has 0 unspecified atom stereocenters. The van der Waals surface area contributed by atoms with Gasteiger partial charge >= 0.3 is 0 Å². The lowest BCUT2D eigenvalue weighted by Crippen LogP contribution is -2.09. The molecule has 0 aliphatic rings. The number of nitrogens with two attached hydrogens (primary N) is 1. The largest absolute Gasteiger partial charge is 0.489 e. The Balaban J connectivity index is 2.25. The van der Waals surface area contributed by atoms with Crippen LogP contribution in [0.5, 0.6) is 5.75 Å². The van der Waals surface area contributed by atoms with E-state index in [1.165, 1.54) is 0 Å². The molecule has 4 heteroatoms. The van der Waals surface area contributed by atoms with Gasteiger partial charge < -0.3 is 15.2 Å². The highest BCUT2D eigenvalue weighted by atomic mass is 16.5. The monoisotopic (exact) mass is 248 g/mol. The molecule has 1 aromatic rings. The fourth-order valence-corrected chi connectivity index (χ4v) is 1.38. The number of ether oxygens (including phenoxy) is 2. The van der Waals surface area contributed by atoms with E-state index in [0.29, 0.717) is 36.1 Å². The van der Waals surface area contributed by atoms with Crippen LogP contribution >= 0.6 is 0 Å². The molecule has 1 rings (SSSR count). The minimum absolute atomic E-state index is 0.466. The van der Waals surface area contributed by atoms with Crippen LogP contribution in [0, 0.1) is 17.2 Å². The van der Waals surface area contributed by atoms with Crippen LogP contribution in [-0.2, 0) is 4.74 Å². The first-order valence-corrected chi connectivity index (χ1v) is 6.13. The van der Waals surface area contributed by atoms with Crippen LogP contribution < -0.4 is 10.5 Å². The molecule has 0 aliphatic heterocycles. The summed E-state index contributed by atoms with van der Waals surface area (Å²) in [6, 6.07) is 7.03. The van der Waals surface area contributed by atoms with Gasteiger partial charge in [-0.2, -0.15) is 5.26 Å². The third kappa shape index (κ3) is 5.07. The van der Waals surface area contributed by atoms with Gasteiger partial charge in [-0.3, -0.25) is 0 Å². The smallest absolute Gasteiger partial charge is 0.142 e. The van der Waals surface area contributed by atoms with Crippen molar-refractivity contribution in [2.45, 2.75) is 20.3 Å². The van der Waals surface area contributed by atoms with Crippen molar-refractivity contribution in [1.82, 2.24) is 0 Å². The molecule has 98 valence electrons. The van der Waals surface area contributed by atoms with Crippen LogP contribution in [0.15, 0.2) is 18.2 Å². The number of hydrogen-bond donors (Lipinski definition) is 1. The third-order valence-electron chi connectivity index (χ3n) is 2.46. The zero-order valence-corrected chi connectivity index (χ0v) is 11.0. The molecule has 2 N–H and O–H groups in total. The third-order valence-corrected chi connectivity index (χ3v) is 2.46. The van der Waals surface area contributed by atoms with Crippen LogP contribution in [0.1, 0.15) is 25.8 Å². The van der Waals surface area contributed by atoms with Crippen LogP contribution in [-0.4, -0.2) is 19.8 Å². The molecule has 0 saturated carbocycles. The summed E-state index contributed by atoms with van der Waals surface area (Å²) in [6.45, 7) is 6.10. The molecular weight excluding hydrogens is 228 g/mol. The first-order valence-electron chi connectivity index (χ1n) is 6.13. The highest BCUT2D eigenvalue weighted by molar-refractivity contribution is 5.56. The summed E-state index contributed by atoms with van der Waals surface area (Å²) >= 11 is 0. The van der Waals surface area contributed by atoms with Gasteiger partial charge in [-0.05, 0) is 30.5 Å². The van der Waals surface area contributed by atoms with Crippen LogP contribution in [0.25, 0.3) is 0 Å². The van der Waals surface area contributed by atoms with E-state index in [2.05, 4.69) is 13.8 Å². The Hall–Kier alpha value is -1.73. The van der Waals surface area contributed by atoms with E-state index in [1.807, 2.05) is 6.07 Å². The average Bonchev–Trinajstić information content (AvgIpc) is 2.34. The molecule has 18 heavy (non-hydrogen) atoms. The molecule has 0 bridgehead atoms. The van der Waals surface area contributed by atoms with E-state index >= 15 is 0 Å². The summed E-state index contributed by atoms with van der Waals surface area (Å²) in [4.78, 5) is 0. The molecule has 0 aromatic heterocycles. The Kier molecular flexibility index (Phi) is 6.03. The summed E-state index contributed by atoms with van der Waals surface area (Å²) in [6.07, 6.45) is 1.05. The second-order valence-electron chi connectivity index (χ2n) is 4.51. The number of hydrogen-bond acceptors (Lipinski definition) is 4. The number of rotatable bonds is 7. The van der Waals surface area contributed by atoms with Gasteiger partial charge in [0.2, 0.25) is 0 Å². The lowest BCUT2D eigenvalue weighted by molar-refractivity contribution is 0.0928. The zero-order chi connectivity index (χ0) is 13.4. The summed E-state index contributed by atoms with van der Waals surface area (Å²) in [7, 11) is 0. The number of anilines is 1. The SMILES string of the molecule is CC(C)CCOCCOc1ccc(C#N)cc1N. The van der Waals surface area contributed by atoms with Crippen molar-refractivity contribution in [2.24, 2.45) is 5.92 Å². The Morgan fingerprint density at radius 2 is 2.06 bits per heavy atom. The van der Waals surface area contributed by atoms with Crippen molar-refractivity contribution in [3.63, 3.8) is 0 Å². The van der Waals surface area contributed by atoms with Crippen molar-refractivity contribution in [3.8, 4) is 11.8 Å². The van der Waals surface area contributed by atoms with Crippen molar-refractivity contribution < 1.29 is 9.47 Å². The molecule has 0 aliphatic carbocycles. The fourth-order valence-electron chi connectivity index (χ4n) is 1.38. The van der Waals surface area contributed by atoms with E-state index < -0.39 is 0 Å². The quantitative estimate of drug-likeness (QED) is 0.595.